The van der Waals surface area contributed by atoms with Crippen molar-refractivity contribution in [1.82, 2.24) is 15.4 Å². The van der Waals surface area contributed by atoms with Crippen molar-refractivity contribution < 1.29 is 12.8 Å². The zero-order chi connectivity index (χ0) is 18.3. The number of hydrogen-bond donors (Lipinski definition) is 3. The maximum Gasteiger partial charge on any atom is 0.250 e. The highest BCUT2D eigenvalue weighted by Crippen LogP contribution is 2.16. The Balaban J connectivity index is 0.00000338. The topological polar surface area (TPSA) is 95.7 Å². The van der Waals surface area contributed by atoms with Crippen molar-refractivity contribution in [2.75, 3.05) is 19.6 Å². The molecule has 0 aliphatic rings. The van der Waals surface area contributed by atoms with Gasteiger partial charge in [0.05, 0.1) is 12.6 Å². The normalized spacial score (nSPS) is 13.1. The second-order valence-corrected chi connectivity index (χ2v) is 8.35. The quantitative estimate of drug-likeness (QED) is 0.219. The van der Waals surface area contributed by atoms with Gasteiger partial charge in [-0.3, -0.25) is 4.99 Å². The van der Waals surface area contributed by atoms with E-state index in [2.05, 4.69) is 20.3 Å². The molecule has 0 aliphatic heterocycles. The molecule has 0 saturated carbocycles. The highest BCUT2D eigenvalue weighted by Gasteiger charge is 2.14. The summed E-state index contributed by atoms with van der Waals surface area (Å²) in [4.78, 5) is 4.40. The molecule has 1 unspecified atom stereocenters. The summed E-state index contributed by atoms with van der Waals surface area (Å²) in [6.45, 7) is 7.10. The van der Waals surface area contributed by atoms with E-state index in [0.717, 1.165) is 11.5 Å². The average molecular weight is 512 g/mol. The minimum Gasteiger partial charge on any atom is -0.464 e. The van der Waals surface area contributed by atoms with Gasteiger partial charge in [-0.2, -0.15) is 0 Å². The van der Waals surface area contributed by atoms with Gasteiger partial charge in [-0.15, -0.1) is 35.3 Å². The molecule has 146 valence electrons. The van der Waals surface area contributed by atoms with Gasteiger partial charge in [0, 0.05) is 13.1 Å². The fourth-order valence-electron chi connectivity index (χ4n) is 2.12. The van der Waals surface area contributed by atoms with Crippen LogP contribution in [-0.2, 0) is 10.0 Å². The monoisotopic (exact) mass is 512 g/mol. The first-order valence-electron chi connectivity index (χ1n) is 8.06. The first-order chi connectivity index (χ1) is 11.9. The first kappa shape index (κ1) is 22.9. The van der Waals surface area contributed by atoms with Crippen LogP contribution in [0.2, 0.25) is 0 Å². The maximum atomic E-state index is 12.0. The van der Waals surface area contributed by atoms with Crippen molar-refractivity contribution in [1.29, 1.82) is 0 Å². The number of aliphatic imine (C=N–C) groups is 1. The van der Waals surface area contributed by atoms with Gasteiger partial charge in [-0.25, -0.2) is 13.1 Å². The fraction of sp³-hybridized carbons (Fsp3) is 0.438. The molecule has 10 heteroatoms. The van der Waals surface area contributed by atoms with Gasteiger partial charge >= 0.3 is 0 Å². The predicted octanol–water partition coefficient (Wildman–Crippen LogP) is 2.86. The standard InChI is InChI=1S/C16H24N4O3S2.HI/c1-4-17-16(20-13(3)14-8-7-12(2)23-14)18-9-10-19-25(21,22)15-6-5-11-24-15;/h5-8,11,13,19H,4,9-10H2,1-3H3,(H2,17,18,20);1H. The summed E-state index contributed by atoms with van der Waals surface area (Å²) >= 11 is 1.19. The minimum atomic E-state index is -3.45. The Bertz CT molecular complexity index is 788. The molecular formula is C16H25IN4O3S2. The molecule has 0 spiro atoms. The molecule has 2 rings (SSSR count). The molecule has 0 aromatic carbocycles. The van der Waals surface area contributed by atoms with E-state index >= 15 is 0 Å². The lowest BCUT2D eigenvalue weighted by molar-refractivity contribution is 0.441. The van der Waals surface area contributed by atoms with Gasteiger partial charge in [0.15, 0.2) is 5.96 Å². The Kier molecular flexibility index (Phi) is 9.61. The Labute approximate surface area is 175 Å². The Morgan fingerprint density at radius 1 is 1.35 bits per heavy atom. The number of furan rings is 1. The number of sulfonamides is 1. The predicted molar refractivity (Wildman–Crippen MR) is 116 cm³/mol. The zero-order valence-electron chi connectivity index (χ0n) is 15.0. The molecule has 3 N–H and O–H groups in total. The third kappa shape index (κ3) is 6.89. The fourth-order valence-corrected chi connectivity index (χ4v) is 4.18. The molecule has 0 saturated heterocycles. The van der Waals surface area contributed by atoms with Crippen molar-refractivity contribution >= 4 is 51.3 Å². The largest absolute Gasteiger partial charge is 0.464 e. The number of halogens is 1. The van der Waals surface area contributed by atoms with Crippen molar-refractivity contribution in [3.8, 4) is 0 Å². The number of hydrogen-bond acceptors (Lipinski definition) is 5. The van der Waals surface area contributed by atoms with Crippen LogP contribution in [0.5, 0.6) is 0 Å². The molecule has 2 heterocycles. The lowest BCUT2D eigenvalue weighted by Gasteiger charge is -2.16. The average Bonchev–Trinajstić information content (AvgIpc) is 3.23. The Morgan fingerprint density at radius 2 is 2.12 bits per heavy atom. The number of thiophene rings is 1. The number of nitrogens with one attached hydrogen (secondary N) is 3. The lowest BCUT2D eigenvalue weighted by atomic mass is 10.2. The minimum absolute atomic E-state index is 0. The molecular weight excluding hydrogens is 487 g/mol. The van der Waals surface area contributed by atoms with Gasteiger partial charge in [0.2, 0.25) is 10.0 Å². The van der Waals surface area contributed by atoms with Crippen molar-refractivity contribution in [2.24, 2.45) is 4.99 Å². The van der Waals surface area contributed by atoms with Crippen molar-refractivity contribution in [2.45, 2.75) is 31.0 Å². The highest BCUT2D eigenvalue weighted by molar-refractivity contribution is 14.0. The zero-order valence-corrected chi connectivity index (χ0v) is 18.9. The van der Waals surface area contributed by atoms with E-state index < -0.39 is 10.0 Å². The molecule has 2 aromatic rings. The summed E-state index contributed by atoms with van der Waals surface area (Å²) in [7, 11) is -3.45. The van der Waals surface area contributed by atoms with Crippen LogP contribution in [0.1, 0.15) is 31.4 Å². The smallest absolute Gasteiger partial charge is 0.250 e. The molecule has 26 heavy (non-hydrogen) atoms. The van der Waals surface area contributed by atoms with E-state index in [-0.39, 0.29) is 36.6 Å². The second-order valence-electron chi connectivity index (χ2n) is 5.40. The summed E-state index contributed by atoms with van der Waals surface area (Å²) in [5.74, 6) is 2.29. The molecule has 0 amide bonds. The number of guanidine groups is 1. The SMILES string of the molecule is CCNC(=NCCNS(=O)(=O)c1cccs1)NC(C)c1ccc(C)o1.I. The van der Waals surface area contributed by atoms with Crippen LogP contribution in [0, 0.1) is 6.92 Å². The third-order valence-electron chi connectivity index (χ3n) is 3.32. The van der Waals surface area contributed by atoms with E-state index in [4.69, 9.17) is 4.42 Å². The van der Waals surface area contributed by atoms with E-state index in [0.29, 0.717) is 23.3 Å². The molecule has 0 radical (unpaired) electrons. The summed E-state index contributed by atoms with van der Waals surface area (Å²) in [6, 6.07) is 7.08. The summed E-state index contributed by atoms with van der Waals surface area (Å²) in [5.41, 5.74) is 0. The molecule has 0 fully saturated rings. The third-order valence-corrected chi connectivity index (χ3v) is 6.18. The van der Waals surface area contributed by atoms with Gasteiger partial charge in [-0.05, 0) is 44.4 Å². The lowest BCUT2D eigenvalue weighted by Crippen LogP contribution is -2.39. The van der Waals surface area contributed by atoms with Crippen LogP contribution in [0.25, 0.3) is 0 Å². The van der Waals surface area contributed by atoms with E-state index in [1.165, 1.54) is 11.3 Å². The van der Waals surface area contributed by atoms with Crippen LogP contribution in [0.3, 0.4) is 0 Å². The molecule has 0 bridgehead atoms. The molecule has 2 aromatic heterocycles. The molecule has 1 atom stereocenters. The Morgan fingerprint density at radius 3 is 2.69 bits per heavy atom. The van der Waals surface area contributed by atoms with Gasteiger partial charge in [-0.1, -0.05) is 6.07 Å². The second kappa shape index (κ2) is 10.9. The van der Waals surface area contributed by atoms with Crippen LogP contribution >= 0.6 is 35.3 Å². The first-order valence-corrected chi connectivity index (χ1v) is 10.4. The number of aryl methyl sites for hydroxylation is 1. The van der Waals surface area contributed by atoms with Gasteiger partial charge in [0.1, 0.15) is 15.7 Å². The van der Waals surface area contributed by atoms with Crippen LogP contribution in [0.15, 0.2) is 43.3 Å². The van der Waals surface area contributed by atoms with Crippen LogP contribution < -0.4 is 15.4 Å². The highest BCUT2D eigenvalue weighted by atomic mass is 127. The Hall–Kier alpha value is -1.11. The van der Waals surface area contributed by atoms with E-state index in [1.807, 2.05) is 32.9 Å². The van der Waals surface area contributed by atoms with Crippen LogP contribution in [-0.4, -0.2) is 34.0 Å². The molecule has 0 aliphatic carbocycles. The van der Waals surface area contributed by atoms with Gasteiger partial charge in [0.25, 0.3) is 0 Å². The summed E-state index contributed by atoms with van der Waals surface area (Å²) < 4.78 is 32.5. The van der Waals surface area contributed by atoms with Crippen LogP contribution in [0.4, 0.5) is 0 Å². The number of nitrogens with zero attached hydrogens (tertiary/aromatic N) is 1. The van der Waals surface area contributed by atoms with Crippen molar-refractivity contribution in [3.05, 3.63) is 41.2 Å². The molecule has 7 nitrogen and oxygen atoms in total. The number of rotatable bonds is 8. The summed E-state index contributed by atoms with van der Waals surface area (Å²) in [6.07, 6.45) is 0. The van der Waals surface area contributed by atoms with Gasteiger partial charge < -0.3 is 15.1 Å². The van der Waals surface area contributed by atoms with Crippen molar-refractivity contribution in [3.63, 3.8) is 0 Å². The van der Waals surface area contributed by atoms with E-state index in [1.54, 1.807) is 17.5 Å². The summed E-state index contributed by atoms with van der Waals surface area (Å²) in [5, 5.41) is 8.11. The van der Waals surface area contributed by atoms with E-state index in [9.17, 15) is 8.42 Å². The maximum absolute atomic E-state index is 12.0.